The van der Waals surface area contributed by atoms with E-state index >= 15 is 0 Å². The van der Waals surface area contributed by atoms with Crippen molar-refractivity contribution in [3.05, 3.63) is 64.1 Å². The van der Waals surface area contributed by atoms with E-state index in [1.165, 1.54) is 11.3 Å². The van der Waals surface area contributed by atoms with Crippen molar-refractivity contribution in [1.29, 1.82) is 0 Å². The molecule has 2 aliphatic heterocycles. The highest BCUT2D eigenvalue weighted by Crippen LogP contribution is 2.45. The van der Waals surface area contributed by atoms with Crippen LogP contribution in [0.3, 0.4) is 0 Å². The summed E-state index contributed by atoms with van der Waals surface area (Å²) < 4.78 is 0. The molecule has 2 heterocycles. The molecule has 1 N–H and O–H groups in total. The van der Waals surface area contributed by atoms with E-state index in [0.29, 0.717) is 22.6 Å². The minimum absolute atomic E-state index is 0.0591. The van der Waals surface area contributed by atoms with Crippen LogP contribution in [0.2, 0.25) is 0 Å². The number of rotatable bonds is 5. The van der Waals surface area contributed by atoms with Crippen LogP contribution in [-0.2, 0) is 9.59 Å². The number of imide groups is 1. The molecule has 0 aromatic heterocycles. The first-order valence-corrected chi connectivity index (χ1v) is 12.8. The molecule has 184 valence electrons. The molecule has 0 radical (unpaired) electrons. The lowest BCUT2D eigenvalue weighted by Crippen LogP contribution is -2.51. The zero-order valence-corrected chi connectivity index (χ0v) is 22.0. The van der Waals surface area contributed by atoms with Gasteiger partial charge in [-0.25, -0.2) is 0 Å². The van der Waals surface area contributed by atoms with Crippen LogP contribution in [0.1, 0.15) is 63.6 Å². The van der Waals surface area contributed by atoms with Crippen LogP contribution in [0.15, 0.2) is 47.4 Å². The topological polar surface area (TPSA) is 69.7 Å². The van der Waals surface area contributed by atoms with E-state index in [0.717, 1.165) is 34.2 Å². The standard InChI is InChI=1S/C28H33N3O3S/c1-17(2)31-23-12-11-20(13-21(23)19(4)15-28(31,5)6)14-24-26(33)30(27(34)35-24)16-25(32)29-22-10-8-7-9-18(22)3/h7-14,17,19H,15-16H2,1-6H3,(H,29,32)/b24-14-. The smallest absolute Gasteiger partial charge is 0.294 e. The number of fused-ring (bicyclic) bond motifs is 1. The lowest BCUT2D eigenvalue weighted by Gasteiger charge is -2.50. The number of para-hydroxylation sites is 1. The molecule has 1 atom stereocenters. The Bertz CT molecular complexity index is 1220. The van der Waals surface area contributed by atoms with Crippen molar-refractivity contribution in [2.75, 3.05) is 16.8 Å². The number of carbonyl (C=O) groups excluding carboxylic acids is 3. The molecule has 1 fully saturated rings. The molecule has 2 aromatic rings. The molecule has 7 heteroatoms. The van der Waals surface area contributed by atoms with Gasteiger partial charge >= 0.3 is 0 Å². The molecule has 2 aliphatic rings. The first-order valence-electron chi connectivity index (χ1n) is 12.0. The monoisotopic (exact) mass is 491 g/mol. The first-order chi connectivity index (χ1) is 16.5. The molecule has 4 rings (SSSR count). The molecular weight excluding hydrogens is 458 g/mol. The number of amides is 3. The van der Waals surface area contributed by atoms with Gasteiger partial charge in [0.25, 0.3) is 11.1 Å². The van der Waals surface area contributed by atoms with Gasteiger partial charge in [-0.15, -0.1) is 0 Å². The summed E-state index contributed by atoms with van der Waals surface area (Å²) in [6.45, 7) is 12.8. The Labute approximate surface area is 211 Å². The molecule has 1 unspecified atom stereocenters. The van der Waals surface area contributed by atoms with Gasteiger partial charge < -0.3 is 10.2 Å². The van der Waals surface area contributed by atoms with Gasteiger partial charge in [0.2, 0.25) is 5.91 Å². The lowest BCUT2D eigenvalue weighted by molar-refractivity contribution is -0.127. The number of nitrogens with zero attached hydrogens (tertiary/aromatic N) is 2. The largest absolute Gasteiger partial charge is 0.364 e. The quantitative estimate of drug-likeness (QED) is 0.507. The summed E-state index contributed by atoms with van der Waals surface area (Å²) in [5, 5.41) is 2.35. The number of thioether (sulfide) groups is 1. The Kier molecular flexibility index (Phi) is 6.82. The van der Waals surface area contributed by atoms with Gasteiger partial charge in [-0.1, -0.05) is 31.2 Å². The molecule has 0 saturated carbocycles. The van der Waals surface area contributed by atoms with Gasteiger partial charge in [0.15, 0.2) is 0 Å². The third kappa shape index (κ3) is 5.01. The van der Waals surface area contributed by atoms with Gasteiger partial charge in [-0.3, -0.25) is 19.3 Å². The summed E-state index contributed by atoms with van der Waals surface area (Å²) in [6, 6.07) is 14.0. The van der Waals surface area contributed by atoms with Gasteiger partial charge in [0, 0.05) is 23.0 Å². The highest BCUT2D eigenvalue weighted by molar-refractivity contribution is 8.18. The van der Waals surface area contributed by atoms with Crippen molar-refractivity contribution >= 4 is 46.3 Å². The molecule has 0 aliphatic carbocycles. The summed E-state index contributed by atoms with van der Waals surface area (Å²) in [6.07, 6.45) is 2.80. The fourth-order valence-electron chi connectivity index (χ4n) is 5.37. The fraction of sp³-hybridized carbons (Fsp3) is 0.393. The second-order valence-electron chi connectivity index (χ2n) is 10.3. The van der Waals surface area contributed by atoms with Crippen LogP contribution in [-0.4, -0.2) is 40.1 Å². The first kappa shape index (κ1) is 25.0. The maximum Gasteiger partial charge on any atom is 0.294 e. The van der Waals surface area contributed by atoms with Crippen molar-refractivity contribution in [3.8, 4) is 0 Å². The Morgan fingerprint density at radius 3 is 2.60 bits per heavy atom. The zero-order valence-electron chi connectivity index (χ0n) is 21.2. The number of nitrogens with one attached hydrogen (secondary N) is 1. The van der Waals surface area contributed by atoms with Crippen LogP contribution < -0.4 is 10.2 Å². The van der Waals surface area contributed by atoms with Gasteiger partial charge in [0.1, 0.15) is 6.54 Å². The predicted molar refractivity (Wildman–Crippen MR) is 144 cm³/mol. The Morgan fingerprint density at radius 2 is 1.91 bits per heavy atom. The lowest BCUT2D eigenvalue weighted by atomic mass is 9.79. The highest BCUT2D eigenvalue weighted by atomic mass is 32.2. The van der Waals surface area contributed by atoms with Crippen LogP contribution in [0.25, 0.3) is 6.08 Å². The second-order valence-corrected chi connectivity index (χ2v) is 11.3. The molecular formula is C28H33N3O3S. The number of aryl methyl sites for hydroxylation is 1. The van der Waals surface area contributed by atoms with Crippen molar-refractivity contribution in [1.82, 2.24) is 4.90 Å². The SMILES string of the molecule is Cc1ccccc1NC(=O)CN1C(=O)S/C(=C\c2ccc3c(c2)C(C)CC(C)(C)N3C(C)C)C1=O. The molecule has 0 spiro atoms. The third-order valence-electron chi connectivity index (χ3n) is 6.71. The summed E-state index contributed by atoms with van der Waals surface area (Å²) in [5.41, 5.74) is 5.00. The third-order valence-corrected chi connectivity index (χ3v) is 7.62. The van der Waals surface area contributed by atoms with Crippen LogP contribution in [0.4, 0.5) is 16.2 Å². The van der Waals surface area contributed by atoms with E-state index in [9.17, 15) is 14.4 Å². The Balaban J connectivity index is 1.53. The summed E-state index contributed by atoms with van der Waals surface area (Å²) in [7, 11) is 0. The van der Waals surface area contributed by atoms with E-state index in [1.807, 2.05) is 31.2 Å². The van der Waals surface area contributed by atoms with E-state index in [-0.39, 0.29) is 12.1 Å². The summed E-state index contributed by atoms with van der Waals surface area (Å²) >= 11 is 0.880. The Morgan fingerprint density at radius 1 is 1.20 bits per heavy atom. The average molecular weight is 492 g/mol. The average Bonchev–Trinajstić information content (AvgIpc) is 3.02. The van der Waals surface area contributed by atoms with Crippen LogP contribution in [0, 0.1) is 6.92 Å². The fourth-order valence-corrected chi connectivity index (χ4v) is 6.21. The molecule has 35 heavy (non-hydrogen) atoms. The van der Waals surface area contributed by atoms with Gasteiger partial charge in [0.05, 0.1) is 4.91 Å². The maximum absolute atomic E-state index is 13.0. The van der Waals surface area contributed by atoms with Gasteiger partial charge in [-0.05, 0) is 99.7 Å². The summed E-state index contributed by atoms with van der Waals surface area (Å²) in [5.74, 6) is -0.457. The van der Waals surface area contributed by atoms with E-state index in [2.05, 4.69) is 57.0 Å². The maximum atomic E-state index is 13.0. The minimum Gasteiger partial charge on any atom is -0.364 e. The highest BCUT2D eigenvalue weighted by Gasteiger charge is 2.38. The Hall–Kier alpha value is -3.06. The minimum atomic E-state index is -0.435. The zero-order chi connectivity index (χ0) is 25.5. The van der Waals surface area contributed by atoms with E-state index in [1.54, 1.807) is 12.1 Å². The number of benzene rings is 2. The van der Waals surface area contributed by atoms with E-state index in [4.69, 9.17) is 0 Å². The predicted octanol–water partition coefficient (Wildman–Crippen LogP) is 6.17. The number of carbonyl (C=O) groups is 3. The number of hydrogen-bond donors (Lipinski definition) is 1. The molecule has 3 amide bonds. The number of anilines is 2. The van der Waals surface area contributed by atoms with E-state index < -0.39 is 17.1 Å². The normalized spacial score (nSPS) is 20.5. The van der Waals surface area contributed by atoms with Crippen molar-refractivity contribution in [3.63, 3.8) is 0 Å². The van der Waals surface area contributed by atoms with Gasteiger partial charge in [-0.2, -0.15) is 0 Å². The van der Waals surface area contributed by atoms with Crippen LogP contribution >= 0.6 is 11.8 Å². The molecule has 1 saturated heterocycles. The van der Waals surface area contributed by atoms with Crippen molar-refractivity contribution in [2.24, 2.45) is 0 Å². The second kappa shape index (κ2) is 9.53. The molecule has 2 aromatic carbocycles. The van der Waals surface area contributed by atoms with Crippen molar-refractivity contribution < 1.29 is 14.4 Å². The summed E-state index contributed by atoms with van der Waals surface area (Å²) in [4.78, 5) is 41.9. The van der Waals surface area contributed by atoms with Crippen molar-refractivity contribution in [2.45, 2.75) is 65.5 Å². The molecule has 0 bridgehead atoms. The molecule has 6 nitrogen and oxygen atoms in total. The number of hydrogen-bond acceptors (Lipinski definition) is 5. The van der Waals surface area contributed by atoms with Crippen LogP contribution in [0.5, 0.6) is 0 Å².